The lowest BCUT2D eigenvalue weighted by molar-refractivity contribution is 1.18. The van der Waals surface area contributed by atoms with E-state index in [4.69, 9.17) is 0 Å². The highest BCUT2D eigenvalue weighted by Gasteiger charge is 2.22. The van der Waals surface area contributed by atoms with Gasteiger partial charge in [-0.3, -0.25) is 0 Å². The fourth-order valence-electron chi connectivity index (χ4n) is 9.81. The Morgan fingerprint density at radius 1 is 0.281 bits per heavy atom. The maximum atomic E-state index is 2.43. The van der Waals surface area contributed by atoms with Crippen LogP contribution in [-0.2, 0) is 0 Å². The number of anilines is 3. The van der Waals surface area contributed by atoms with Crippen molar-refractivity contribution < 1.29 is 0 Å². The molecule has 12 aromatic rings. The Kier molecular flexibility index (Phi) is 9.20. The van der Waals surface area contributed by atoms with Crippen molar-refractivity contribution in [1.82, 2.24) is 4.57 Å². The van der Waals surface area contributed by atoms with E-state index < -0.39 is 0 Å². The Hall–Kier alpha value is -8.46. The molecule has 0 radical (unpaired) electrons. The van der Waals surface area contributed by atoms with E-state index in [0.29, 0.717) is 0 Å². The van der Waals surface area contributed by atoms with Crippen molar-refractivity contribution >= 4 is 60.4 Å². The zero-order chi connectivity index (χ0) is 42.4. The normalized spacial score (nSPS) is 11.4. The molecule has 300 valence electrons. The summed E-state index contributed by atoms with van der Waals surface area (Å²) in [4.78, 5) is 2.43. The van der Waals surface area contributed by atoms with E-state index in [-0.39, 0.29) is 0 Å². The monoisotopic (exact) mass is 814 g/mol. The molecule has 2 heteroatoms. The average Bonchev–Trinajstić information content (AvgIpc) is 3.72. The van der Waals surface area contributed by atoms with Crippen LogP contribution in [0.2, 0.25) is 0 Å². The van der Waals surface area contributed by atoms with Gasteiger partial charge in [0.2, 0.25) is 0 Å². The van der Waals surface area contributed by atoms with Gasteiger partial charge in [-0.25, -0.2) is 0 Å². The number of fused-ring (bicyclic) bond motifs is 5. The minimum atomic E-state index is 1.08. The number of para-hydroxylation sites is 3. The van der Waals surface area contributed by atoms with E-state index in [9.17, 15) is 0 Å². The number of rotatable bonds is 8. The average molecular weight is 815 g/mol. The first-order valence-corrected chi connectivity index (χ1v) is 22.0. The first kappa shape index (κ1) is 37.3. The lowest BCUT2D eigenvalue weighted by atomic mass is 9.94. The van der Waals surface area contributed by atoms with Crippen LogP contribution in [0.3, 0.4) is 0 Å². The van der Waals surface area contributed by atoms with Gasteiger partial charge >= 0.3 is 0 Å². The molecule has 2 nitrogen and oxygen atoms in total. The second-order valence-corrected chi connectivity index (χ2v) is 16.5. The molecular weight excluding hydrogens is 773 g/mol. The molecule has 0 saturated carbocycles. The highest BCUT2D eigenvalue weighted by Crippen LogP contribution is 2.46. The van der Waals surface area contributed by atoms with Crippen LogP contribution in [-0.4, -0.2) is 4.57 Å². The topological polar surface area (TPSA) is 8.17 Å². The second-order valence-electron chi connectivity index (χ2n) is 16.5. The predicted molar refractivity (Wildman–Crippen MR) is 272 cm³/mol. The van der Waals surface area contributed by atoms with E-state index >= 15 is 0 Å². The van der Waals surface area contributed by atoms with Crippen molar-refractivity contribution in [3.8, 4) is 50.2 Å². The molecule has 0 aliphatic rings. The molecule has 12 rings (SSSR count). The molecule has 0 N–H and O–H groups in total. The molecule has 0 atom stereocenters. The van der Waals surface area contributed by atoms with Crippen LogP contribution < -0.4 is 4.90 Å². The van der Waals surface area contributed by atoms with Gasteiger partial charge in [-0.05, 0) is 121 Å². The highest BCUT2D eigenvalue weighted by molar-refractivity contribution is 6.17. The summed E-state index contributed by atoms with van der Waals surface area (Å²) in [6, 6.07) is 92.7. The van der Waals surface area contributed by atoms with Crippen molar-refractivity contribution in [3.05, 3.63) is 255 Å². The van der Waals surface area contributed by atoms with Crippen molar-refractivity contribution in [2.45, 2.75) is 0 Å². The Morgan fingerprint density at radius 2 is 0.781 bits per heavy atom. The van der Waals surface area contributed by atoms with Gasteiger partial charge in [0, 0.05) is 33.4 Å². The molecule has 0 fully saturated rings. The first-order valence-electron chi connectivity index (χ1n) is 22.0. The summed E-state index contributed by atoms with van der Waals surface area (Å²) in [5.74, 6) is 0. The van der Waals surface area contributed by atoms with Gasteiger partial charge in [-0.1, -0.05) is 194 Å². The molecule has 0 unspecified atom stereocenters. The summed E-state index contributed by atoms with van der Waals surface area (Å²) in [6.45, 7) is 0. The van der Waals surface area contributed by atoms with Crippen LogP contribution in [0.4, 0.5) is 17.1 Å². The molecule has 1 heterocycles. The van der Waals surface area contributed by atoms with Crippen LogP contribution in [0.5, 0.6) is 0 Å². The molecule has 11 aromatic carbocycles. The summed E-state index contributed by atoms with van der Waals surface area (Å²) >= 11 is 0. The molecule has 1 aromatic heterocycles. The number of hydrogen-bond acceptors (Lipinski definition) is 1. The van der Waals surface area contributed by atoms with Crippen LogP contribution in [0.1, 0.15) is 0 Å². The lowest BCUT2D eigenvalue weighted by Crippen LogP contribution is -2.11. The molecule has 0 bridgehead atoms. The predicted octanol–water partition coefficient (Wildman–Crippen LogP) is 17.2. The van der Waals surface area contributed by atoms with E-state index in [2.05, 4.69) is 264 Å². The second kappa shape index (κ2) is 15.8. The van der Waals surface area contributed by atoms with Crippen LogP contribution in [0, 0.1) is 0 Å². The standard InChI is InChI=1S/C62H42N2/c1-3-16-44(17-4-1)54-27-14-20-46-32-33-48(42-58(46)54)43-34-38-50(39-35-43)63(51-40-36-47(37-41-51)53-26-13-19-45-18-7-8-23-52(45)53)59-29-11-9-24-55(59)56-28-15-31-61-62(56)57-25-10-12-30-60(57)64(61)49-21-5-2-6-22-49/h1-42H. The first-order chi connectivity index (χ1) is 31.8. The van der Waals surface area contributed by atoms with E-state index in [1.807, 2.05) is 0 Å². The summed E-state index contributed by atoms with van der Waals surface area (Å²) in [5, 5.41) is 7.45. The third-order valence-electron chi connectivity index (χ3n) is 12.8. The van der Waals surface area contributed by atoms with Gasteiger partial charge in [-0.15, -0.1) is 0 Å². The summed E-state index contributed by atoms with van der Waals surface area (Å²) in [6.07, 6.45) is 0. The summed E-state index contributed by atoms with van der Waals surface area (Å²) in [5.41, 5.74) is 16.4. The van der Waals surface area contributed by atoms with Crippen LogP contribution >= 0.6 is 0 Å². The number of hydrogen-bond donors (Lipinski definition) is 0. The van der Waals surface area contributed by atoms with Gasteiger partial charge in [0.1, 0.15) is 0 Å². The minimum absolute atomic E-state index is 1.08. The Balaban J connectivity index is 1.02. The fourth-order valence-corrected chi connectivity index (χ4v) is 9.81. The van der Waals surface area contributed by atoms with E-state index in [1.54, 1.807) is 0 Å². The maximum Gasteiger partial charge on any atom is 0.0547 e. The van der Waals surface area contributed by atoms with Crippen molar-refractivity contribution in [2.75, 3.05) is 4.90 Å². The van der Waals surface area contributed by atoms with E-state index in [1.165, 1.54) is 82.3 Å². The van der Waals surface area contributed by atoms with E-state index in [0.717, 1.165) is 28.3 Å². The van der Waals surface area contributed by atoms with Gasteiger partial charge in [-0.2, -0.15) is 0 Å². The minimum Gasteiger partial charge on any atom is -0.310 e. The molecular formula is C62H42N2. The smallest absolute Gasteiger partial charge is 0.0547 e. The molecule has 0 spiro atoms. The zero-order valence-electron chi connectivity index (χ0n) is 35.1. The summed E-state index contributed by atoms with van der Waals surface area (Å²) < 4.78 is 2.40. The van der Waals surface area contributed by atoms with Crippen LogP contribution in [0.25, 0.3) is 93.5 Å². The number of aromatic nitrogens is 1. The maximum absolute atomic E-state index is 2.43. The van der Waals surface area contributed by atoms with Crippen molar-refractivity contribution in [1.29, 1.82) is 0 Å². The van der Waals surface area contributed by atoms with Crippen LogP contribution in [0.15, 0.2) is 255 Å². The zero-order valence-corrected chi connectivity index (χ0v) is 35.1. The number of benzene rings is 11. The molecule has 0 amide bonds. The highest BCUT2D eigenvalue weighted by atomic mass is 15.1. The Labute approximate surface area is 373 Å². The quantitative estimate of drug-likeness (QED) is 0.148. The molecule has 0 aliphatic carbocycles. The molecule has 0 aliphatic heterocycles. The van der Waals surface area contributed by atoms with Crippen molar-refractivity contribution in [3.63, 3.8) is 0 Å². The van der Waals surface area contributed by atoms with Crippen molar-refractivity contribution in [2.24, 2.45) is 0 Å². The largest absolute Gasteiger partial charge is 0.310 e. The number of nitrogens with zero attached hydrogens (tertiary/aromatic N) is 2. The Morgan fingerprint density at radius 3 is 1.55 bits per heavy atom. The SMILES string of the molecule is c1ccc(-c2cccc3ccc(-c4ccc(N(c5ccc(-c6cccc7ccccc67)cc5)c5ccccc5-c5cccc6c5c5ccccc5n6-c5ccccc5)cc4)cc23)cc1. The molecule has 64 heavy (non-hydrogen) atoms. The Bertz CT molecular complexity index is 3640. The molecule has 0 saturated heterocycles. The van der Waals surface area contributed by atoms with Gasteiger partial charge < -0.3 is 9.47 Å². The fraction of sp³-hybridized carbons (Fsp3) is 0. The van der Waals surface area contributed by atoms with Gasteiger partial charge in [0.15, 0.2) is 0 Å². The third kappa shape index (κ3) is 6.44. The third-order valence-corrected chi connectivity index (χ3v) is 12.8. The van der Waals surface area contributed by atoms with Gasteiger partial charge in [0.05, 0.1) is 16.7 Å². The summed E-state index contributed by atoms with van der Waals surface area (Å²) in [7, 11) is 0. The lowest BCUT2D eigenvalue weighted by Gasteiger charge is -2.28. The van der Waals surface area contributed by atoms with Gasteiger partial charge in [0.25, 0.3) is 0 Å².